The molecule has 3 fully saturated rings. The summed E-state index contributed by atoms with van der Waals surface area (Å²) in [6.07, 6.45) is 6.29. The predicted molar refractivity (Wildman–Crippen MR) is 102 cm³/mol. The zero-order chi connectivity index (χ0) is 18.0. The van der Waals surface area contributed by atoms with Gasteiger partial charge in [0.25, 0.3) is 0 Å². The lowest BCUT2D eigenvalue weighted by atomic mass is 9.93. The summed E-state index contributed by atoms with van der Waals surface area (Å²) in [5.41, 5.74) is 2.02. The first kappa shape index (κ1) is 18.3. The Bertz CT molecular complexity index is 642. The van der Waals surface area contributed by atoms with E-state index < -0.39 is 0 Å². The molecule has 142 valence electrons. The zero-order valence-corrected chi connectivity index (χ0v) is 16.3. The van der Waals surface area contributed by atoms with Crippen molar-refractivity contribution >= 4 is 17.7 Å². The van der Waals surface area contributed by atoms with E-state index in [4.69, 9.17) is 9.47 Å². The van der Waals surface area contributed by atoms with Crippen molar-refractivity contribution in [2.45, 2.75) is 62.6 Å². The number of hydrogen-bond acceptors (Lipinski definition) is 5. The summed E-state index contributed by atoms with van der Waals surface area (Å²) in [4.78, 5) is 18.7. The van der Waals surface area contributed by atoms with E-state index >= 15 is 0 Å². The average molecular weight is 377 g/mol. The minimum absolute atomic E-state index is 0.149. The zero-order valence-electron chi connectivity index (χ0n) is 15.5. The summed E-state index contributed by atoms with van der Waals surface area (Å²) in [6.45, 7) is 4.51. The molecule has 0 aromatic carbocycles. The van der Waals surface area contributed by atoms with Crippen molar-refractivity contribution < 1.29 is 14.3 Å². The lowest BCUT2D eigenvalue weighted by Gasteiger charge is -2.47. The summed E-state index contributed by atoms with van der Waals surface area (Å²) in [5, 5.41) is 0. The molecule has 3 aliphatic rings. The number of aryl methyl sites for hydroxylation is 1. The van der Waals surface area contributed by atoms with Crippen LogP contribution in [0.25, 0.3) is 0 Å². The molecule has 2 saturated heterocycles. The fourth-order valence-corrected chi connectivity index (χ4v) is 5.73. The van der Waals surface area contributed by atoms with E-state index in [-0.39, 0.29) is 23.4 Å². The molecule has 4 rings (SSSR count). The van der Waals surface area contributed by atoms with Gasteiger partial charge in [0.1, 0.15) is 6.61 Å². The summed E-state index contributed by atoms with van der Waals surface area (Å²) >= 11 is 1.96. The van der Waals surface area contributed by atoms with Crippen molar-refractivity contribution in [2.24, 2.45) is 0 Å². The summed E-state index contributed by atoms with van der Waals surface area (Å²) in [6, 6.07) is 6.04. The van der Waals surface area contributed by atoms with Gasteiger partial charge in [-0.2, -0.15) is 0 Å². The second-order valence-corrected chi connectivity index (χ2v) is 9.36. The van der Waals surface area contributed by atoms with Gasteiger partial charge in [-0.3, -0.25) is 9.78 Å². The van der Waals surface area contributed by atoms with E-state index in [0.717, 1.165) is 49.5 Å². The fraction of sp³-hybridized carbons (Fsp3) is 0.700. The van der Waals surface area contributed by atoms with Crippen LogP contribution < -0.4 is 0 Å². The minimum Gasteiger partial charge on any atom is -0.371 e. The third kappa shape index (κ3) is 4.24. The largest absolute Gasteiger partial charge is 0.371 e. The van der Waals surface area contributed by atoms with E-state index in [1.807, 2.05) is 41.8 Å². The van der Waals surface area contributed by atoms with E-state index in [2.05, 4.69) is 4.98 Å². The maximum absolute atomic E-state index is 12.3. The smallest absolute Gasteiger partial charge is 0.248 e. The van der Waals surface area contributed by atoms with E-state index in [9.17, 15) is 4.79 Å². The third-order valence-electron chi connectivity index (χ3n) is 5.64. The molecule has 1 aliphatic carbocycles. The molecule has 1 aromatic rings. The number of rotatable bonds is 6. The molecule has 0 radical (unpaired) electrons. The summed E-state index contributed by atoms with van der Waals surface area (Å²) < 4.78 is 12.0. The third-order valence-corrected chi connectivity index (χ3v) is 7.22. The van der Waals surface area contributed by atoms with Crippen molar-refractivity contribution in [3.8, 4) is 0 Å². The monoisotopic (exact) mass is 376 g/mol. The van der Waals surface area contributed by atoms with Gasteiger partial charge in [0.05, 0.1) is 29.3 Å². The van der Waals surface area contributed by atoms with Crippen LogP contribution in [0.15, 0.2) is 18.2 Å². The van der Waals surface area contributed by atoms with Gasteiger partial charge in [-0.05, 0) is 38.3 Å². The standard InChI is InChI=1S/C20H28N2O3S/c1-15-5-4-6-16(21-15)10-24-18-9-20(26-12-18)13-22(14-20)19(23)11-25-17-7-2-3-8-17/h4-6,17-18H,2-3,7-14H2,1H3. The molecule has 1 amide bonds. The molecular weight excluding hydrogens is 348 g/mol. The van der Waals surface area contributed by atoms with Crippen LogP contribution in [0.1, 0.15) is 43.5 Å². The summed E-state index contributed by atoms with van der Waals surface area (Å²) in [7, 11) is 0. The van der Waals surface area contributed by atoms with Crippen LogP contribution in [0.5, 0.6) is 0 Å². The maximum Gasteiger partial charge on any atom is 0.248 e. The van der Waals surface area contributed by atoms with Crippen LogP contribution in [-0.2, 0) is 20.9 Å². The number of hydrogen-bond donors (Lipinski definition) is 0. The topological polar surface area (TPSA) is 51.7 Å². The number of ether oxygens (including phenoxy) is 2. The normalized spacial score (nSPS) is 25.0. The van der Waals surface area contributed by atoms with Gasteiger partial charge in [0, 0.05) is 24.5 Å². The molecule has 0 N–H and O–H groups in total. The van der Waals surface area contributed by atoms with Gasteiger partial charge >= 0.3 is 0 Å². The molecule has 1 unspecified atom stereocenters. The van der Waals surface area contributed by atoms with Gasteiger partial charge in [-0.25, -0.2) is 0 Å². The maximum atomic E-state index is 12.3. The van der Waals surface area contributed by atoms with E-state index in [1.165, 1.54) is 12.8 Å². The molecule has 1 saturated carbocycles. The first-order valence-electron chi connectivity index (χ1n) is 9.69. The number of nitrogens with zero attached hydrogens (tertiary/aromatic N) is 2. The molecule has 0 bridgehead atoms. The number of thioether (sulfide) groups is 1. The Morgan fingerprint density at radius 2 is 2.08 bits per heavy atom. The Balaban J connectivity index is 1.18. The van der Waals surface area contributed by atoms with Crippen molar-refractivity contribution in [3.63, 3.8) is 0 Å². The lowest BCUT2D eigenvalue weighted by molar-refractivity contribution is -0.143. The highest BCUT2D eigenvalue weighted by Crippen LogP contribution is 2.46. The molecule has 1 atom stereocenters. The highest BCUT2D eigenvalue weighted by molar-refractivity contribution is 8.01. The number of pyridine rings is 1. The Morgan fingerprint density at radius 3 is 2.85 bits per heavy atom. The highest BCUT2D eigenvalue weighted by Gasteiger charge is 2.50. The quantitative estimate of drug-likeness (QED) is 0.764. The molecule has 1 spiro atoms. The Labute approximate surface area is 159 Å². The Kier molecular flexibility index (Phi) is 5.53. The SMILES string of the molecule is Cc1cccc(COC2CSC3(C2)CN(C(=O)COC2CCCC2)C3)n1. The minimum atomic E-state index is 0.149. The lowest BCUT2D eigenvalue weighted by Crippen LogP contribution is -2.61. The first-order chi connectivity index (χ1) is 12.6. The number of amides is 1. The molecular formula is C20H28N2O3S. The first-order valence-corrected chi connectivity index (χ1v) is 10.7. The van der Waals surface area contributed by atoms with Gasteiger partial charge < -0.3 is 14.4 Å². The molecule has 3 heterocycles. The predicted octanol–water partition coefficient (Wildman–Crippen LogP) is 2.95. The number of carbonyl (C=O) groups is 1. The molecule has 6 heteroatoms. The van der Waals surface area contributed by atoms with Crippen molar-refractivity contribution in [1.29, 1.82) is 0 Å². The van der Waals surface area contributed by atoms with E-state index in [0.29, 0.717) is 12.7 Å². The number of likely N-dealkylation sites (tertiary alicyclic amines) is 1. The van der Waals surface area contributed by atoms with Crippen LogP contribution in [0.4, 0.5) is 0 Å². The van der Waals surface area contributed by atoms with Crippen molar-refractivity contribution in [3.05, 3.63) is 29.6 Å². The Hall–Kier alpha value is -1.11. The summed E-state index contributed by atoms with van der Waals surface area (Å²) in [5.74, 6) is 1.16. The van der Waals surface area contributed by atoms with Crippen LogP contribution in [0.3, 0.4) is 0 Å². The fourth-order valence-electron chi connectivity index (χ4n) is 4.17. The number of carbonyl (C=O) groups excluding carboxylic acids is 1. The molecule has 2 aliphatic heterocycles. The van der Waals surface area contributed by atoms with Crippen LogP contribution in [0.2, 0.25) is 0 Å². The van der Waals surface area contributed by atoms with E-state index in [1.54, 1.807) is 0 Å². The van der Waals surface area contributed by atoms with Gasteiger partial charge in [0.2, 0.25) is 5.91 Å². The van der Waals surface area contributed by atoms with Gasteiger partial charge in [-0.1, -0.05) is 18.9 Å². The van der Waals surface area contributed by atoms with Gasteiger partial charge in [0.15, 0.2) is 0 Å². The molecule has 5 nitrogen and oxygen atoms in total. The second-order valence-electron chi connectivity index (χ2n) is 7.87. The average Bonchev–Trinajstić information content (AvgIpc) is 3.26. The van der Waals surface area contributed by atoms with Crippen LogP contribution in [-0.4, -0.2) is 58.2 Å². The van der Waals surface area contributed by atoms with Gasteiger partial charge in [-0.15, -0.1) is 11.8 Å². The van der Waals surface area contributed by atoms with Crippen molar-refractivity contribution in [2.75, 3.05) is 25.4 Å². The Morgan fingerprint density at radius 1 is 1.27 bits per heavy atom. The van der Waals surface area contributed by atoms with Crippen LogP contribution >= 0.6 is 11.8 Å². The highest BCUT2D eigenvalue weighted by atomic mass is 32.2. The van der Waals surface area contributed by atoms with Crippen LogP contribution in [0, 0.1) is 6.92 Å². The van der Waals surface area contributed by atoms with Crippen molar-refractivity contribution in [1.82, 2.24) is 9.88 Å². The number of aromatic nitrogens is 1. The molecule has 26 heavy (non-hydrogen) atoms. The second kappa shape index (κ2) is 7.87. The molecule has 1 aromatic heterocycles.